The molecular formula is C13H16BrNO2. The molecule has 1 heterocycles. The number of halogens is 1. The highest BCUT2D eigenvalue weighted by Gasteiger charge is 2.41. The number of hydrogen-bond donors (Lipinski definition) is 1. The molecule has 17 heavy (non-hydrogen) atoms. The van der Waals surface area contributed by atoms with Gasteiger partial charge in [0.05, 0.1) is 5.69 Å². The largest absolute Gasteiger partial charge is 0.475 e. The fourth-order valence-electron chi connectivity index (χ4n) is 2.15. The molecule has 0 atom stereocenters. The van der Waals surface area contributed by atoms with Crippen LogP contribution in [0.5, 0.6) is 5.75 Å². The standard InChI is InChI=1S/C13H16BrNO2/c1-4-13(5-2)12(16)15-11-8(3)6-9(14)7-10(11)17-13/h6-7H,4-5H2,1-3H3,(H,15,16). The van der Waals surface area contributed by atoms with Crippen molar-refractivity contribution >= 4 is 27.5 Å². The van der Waals surface area contributed by atoms with Gasteiger partial charge in [-0.25, -0.2) is 0 Å². The quantitative estimate of drug-likeness (QED) is 0.905. The predicted molar refractivity (Wildman–Crippen MR) is 71.4 cm³/mol. The predicted octanol–water partition coefficient (Wildman–Crippen LogP) is 3.65. The Morgan fingerprint density at radius 3 is 2.59 bits per heavy atom. The van der Waals surface area contributed by atoms with Gasteiger partial charge in [-0.15, -0.1) is 0 Å². The van der Waals surface area contributed by atoms with Crippen LogP contribution in [0.3, 0.4) is 0 Å². The minimum atomic E-state index is -0.722. The average Bonchev–Trinajstić information content (AvgIpc) is 2.29. The molecule has 0 spiro atoms. The first-order chi connectivity index (χ1) is 8.02. The lowest BCUT2D eigenvalue weighted by Crippen LogP contribution is -2.50. The van der Waals surface area contributed by atoms with E-state index in [1.54, 1.807) is 0 Å². The molecule has 1 aromatic carbocycles. The monoisotopic (exact) mass is 297 g/mol. The smallest absolute Gasteiger partial charge is 0.268 e. The molecule has 0 aromatic heterocycles. The van der Waals surface area contributed by atoms with E-state index in [1.165, 1.54) is 0 Å². The maximum absolute atomic E-state index is 12.1. The van der Waals surface area contributed by atoms with Crippen molar-refractivity contribution in [2.75, 3.05) is 5.32 Å². The summed E-state index contributed by atoms with van der Waals surface area (Å²) < 4.78 is 6.91. The van der Waals surface area contributed by atoms with Gasteiger partial charge in [-0.05, 0) is 37.5 Å². The average molecular weight is 298 g/mol. The van der Waals surface area contributed by atoms with Crippen LogP contribution in [0.2, 0.25) is 0 Å². The number of hydrogen-bond acceptors (Lipinski definition) is 2. The van der Waals surface area contributed by atoms with Crippen molar-refractivity contribution in [3.63, 3.8) is 0 Å². The first-order valence-electron chi connectivity index (χ1n) is 5.83. The fourth-order valence-corrected chi connectivity index (χ4v) is 2.70. The van der Waals surface area contributed by atoms with E-state index in [4.69, 9.17) is 4.74 Å². The van der Waals surface area contributed by atoms with Gasteiger partial charge < -0.3 is 10.1 Å². The van der Waals surface area contributed by atoms with Crippen LogP contribution in [0.4, 0.5) is 5.69 Å². The lowest BCUT2D eigenvalue weighted by molar-refractivity contribution is -0.133. The minimum absolute atomic E-state index is 0.0413. The van der Waals surface area contributed by atoms with Crippen molar-refractivity contribution in [1.82, 2.24) is 0 Å². The summed E-state index contributed by atoms with van der Waals surface area (Å²) in [6, 6.07) is 3.87. The van der Waals surface area contributed by atoms with Crippen molar-refractivity contribution in [3.05, 3.63) is 22.2 Å². The van der Waals surface area contributed by atoms with Gasteiger partial charge in [0.1, 0.15) is 5.75 Å². The van der Waals surface area contributed by atoms with E-state index < -0.39 is 5.60 Å². The molecule has 1 N–H and O–H groups in total. The van der Waals surface area contributed by atoms with Crippen LogP contribution in [0.25, 0.3) is 0 Å². The van der Waals surface area contributed by atoms with Gasteiger partial charge in [-0.2, -0.15) is 0 Å². The van der Waals surface area contributed by atoms with Gasteiger partial charge in [0.25, 0.3) is 5.91 Å². The third kappa shape index (κ3) is 1.95. The van der Waals surface area contributed by atoms with Crippen LogP contribution >= 0.6 is 15.9 Å². The molecule has 2 rings (SSSR count). The zero-order valence-corrected chi connectivity index (χ0v) is 11.8. The van der Waals surface area contributed by atoms with Crippen molar-refractivity contribution < 1.29 is 9.53 Å². The Labute approximate surface area is 110 Å². The number of ether oxygens (including phenoxy) is 1. The van der Waals surface area contributed by atoms with Crippen molar-refractivity contribution in [2.24, 2.45) is 0 Å². The normalized spacial score (nSPS) is 17.1. The molecule has 1 aliphatic heterocycles. The van der Waals surface area contributed by atoms with E-state index in [1.807, 2.05) is 32.9 Å². The first-order valence-corrected chi connectivity index (χ1v) is 6.62. The van der Waals surface area contributed by atoms with Crippen LogP contribution in [0.15, 0.2) is 16.6 Å². The van der Waals surface area contributed by atoms with Gasteiger partial charge >= 0.3 is 0 Å². The molecule has 1 aromatic rings. The zero-order valence-electron chi connectivity index (χ0n) is 10.3. The Bertz CT molecular complexity index is 467. The second kappa shape index (κ2) is 4.33. The highest BCUT2D eigenvalue weighted by Crippen LogP contribution is 2.40. The minimum Gasteiger partial charge on any atom is -0.475 e. The number of aryl methyl sites for hydroxylation is 1. The maximum atomic E-state index is 12.1. The second-order valence-corrected chi connectivity index (χ2v) is 5.27. The molecule has 0 radical (unpaired) electrons. The van der Waals surface area contributed by atoms with E-state index >= 15 is 0 Å². The van der Waals surface area contributed by atoms with Crippen molar-refractivity contribution in [3.8, 4) is 5.75 Å². The summed E-state index contributed by atoms with van der Waals surface area (Å²) in [6.07, 6.45) is 1.33. The summed E-state index contributed by atoms with van der Waals surface area (Å²) in [4.78, 5) is 12.1. The molecule has 0 unspecified atom stereocenters. The SMILES string of the molecule is CCC1(CC)Oc2cc(Br)cc(C)c2NC1=O. The topological polar surface area (TPSA) is 38.3 Å². The van der Waals surface area contributed by atoms with E-state index in [-0.39, 0.29) is 5.91 Å². The van der Waals surface area contributed by atoms with E-state index in [2.05, 4.69) is 21.2 Å². The van der Waals surface area contributed by atoms with E-state index in [0.717, 1.165) is 21.5 Å². The molecule has 1 aliphatic rings. The van der Waals surface area contributed by atoms with Gasteiger partial charge in [0, 0.05) is 4.47 Å². The summed E-state index contributed by atoms with van der Waals surface area (Å²) in [6.45, 7) is 5.90. The van der Waals surface area contributed by atoms with Crippen molar-refractivity contribution in [1.29, 1.82) is 0 Å². The highest BCUT2D eigenvalue weighted by molar-refractivity contribution is 9.10. The molecule has 0 aliphatic carbocycles. The summed E-state index contributed by atoms with van der Waals surface area (Å²) in [5, 5.41) is 2.96. The molecule has 4 heteroatoms. The maximum Gasteiger partial charge on any atom is 0.268 e. The first kappa shape index (κ1) is 12.4. The molecule has 0 saturated carbocycles. The summed E-state index contributed by atoms with van der Waals surface area (Å²) in [5.74, 6) is 0.709. The Hall–Kier alpha value is -1.03. The number of amides is 1. The third-order valence-corrected chi connectivity index (χ3v) is 3.82. The molecule has 0 fully saturated rings. The van der Waals surface area contributed by atoms with Crippen LogP contribution in [0.1, 0.15) is 32.3 Å². The summed E-state index contributed by atoms with van der Waals surface area (Å²) in [5.41, 5.74) is 1.07. The number of benzene rings is 1. The number of nitrogens with one attached hydrogen (secondary N) is 1. The van der Waals surface area contributed by atoms with Gasteiger partial charge in [-0.3, -0.25) is 4.79 Å². The van der Waals surface area contributed by atoms with Crippen LogP contribution in [0, 0.1) is 6.92 Å². The van der Waals surface area contributed by atoms with E-state index in [0.29, 0.717) is 12.8 Å². The summed E-state index contributed by atoms with van der Waals surface area (Å²) in [7, 11) is 0. The number of carbonyl (C=O) groups excluding carboxylic acids is 1. The number of anilines is 1. The third-order valence-electron chi connectivity index (χ3n) is 3.36. The molecule has 0 bridgehead atoms. The van der Waals surface area contributed by atoms with Gasteiger partial charge in [0.2, 0.25) is 0 Å². The Morgan fingerprint density at radius 1 is 1.35 bits per heavy atom. The van der Waals surface area contributed by atoms with Crippen molar-refractivity contribution in [2.45, 2.75) is 39.2 Å². The Kier molecular flexibility index (Phi) is 3.17. The highest BCUT2D eigenvalue weighted by atomic mass is 79.9. The van der Waals surface area contributed by atoms with Gasteiger partial charge in [-0.1, -0.05) is 29.8 Å². The summed E-state index contributed by atoms with van der Waals surface area (Å²) >= 11 is 3.45. The zero-order chi connectivity index (χ0) is 12.6. The molecule has 1 amide bonds. The number of fused-ring (bicyclic) bond motifs is 1. The molecule has 3 nitrogen and oxygen atoms in total. The number of rotatable bonds is 2. The number of carbonyl (C=O) groups is 1. The second-order valence-electron chi connectivity index (χ2n) is 4.35. The molecule has 92 valence electrons. The lowest BCUT2D eigenvalue weighted by atomic mass is 9.93. The van der Waals surface area contributed by atoms with Crippen LogP contribution in [-0.2, 0) is 4.79 Å². The Balaban J connectivity index is 2.51. The van der Waals surface area contributed by atoms with Crippen LogP contribution < -0.4 is 10.1 Å². The Morgan fingerprint density at radius 2 is 2.00 bits per heavy atom. The fraction of sp³-hybridized carbons (Fsp3) is 0.462. The van der Waals surface area contributed by atoms with E-state index in [9.17, 15) is 4.79 Å². The molecule has 0 saturated heterocycles. The van der Waals surface area contributed by atoms with Gasteiger partial charge in [0.15, 0.2) is 5.60 Å². The van der Waals surface area contributed by atoms with Crippen LogP contribution in [-0.4, -0.2) is 11.5 Å². The molecular weight excluding hydrogens is 282 g/mol. The lowest BCUT2D eigenvalue weighted by Gasteiger charge is -2.36.